The molecule has 1 heterocycles. The number of nitrogens with one attached hydrogen (secondary N) is 1. The summed E-state index contributed by atoms with van der Waals surface area (Å²) in [6, 6.07) is 9.95. The zero-order valence-corrected chi connectivity index (χ0v) is 18.5. The van der Waals surface area contributed by atoms with Crippen molar-refractivity contribution in [1.82, 2.24) is 5.32 Å². The first-order valence-corrected chi connectivity index (χ1v) is 12.9. The van der Waals surface area contributed by atoms with Crippen LogP contribution >= 0.6 is 11.8 Å². The van der Waals surface area contributed by atoms with Crippen LogP contribution in [0.3, 0.4) is 0 Å². The number of benzene rings is 1. The van der Waals surface area contributed by atoms with Gasteiger partial charge in [-0.25, -0.2) is 8.42 Å². The summed E-state index contributed by atoms with van der Waals surface area (Å²) in [5.41, 5.74) is 0.697. The first kappa shape index (κ1) is 22.0. The largest absolute Gasteiger partial charge is 0.455 e. The van der Waals surface area contributed by atoms with Gasteiger partial charge in [0, 0.05) is 11.8 Å². The Morgan fingerprint density at radius 1 is 1.14 bits per heavy atom. The molecule has 0 aliphatic heterocycles. The molecule has 1 saturated carbocycles. The molecule has 1 aromatic heterocycles. The van der Waals surface area contributed by atoms with E-state index in [4.69, 9.17) is 4.42 Å². The van der Waals surface area contributed by atoms with Gasteiger partial charge in [0.25, 0.3) is 5.91 Å². The van der Waals surface area contributed by atoms with Gasteiger partial charge < -0.3 is 9.73 Å². The van der Waals surface area contributed by atoms with Crippen LogP contribution in [0.1, 0.15) is 60.4 Å². The van der Waals surface area contributed by atoms with Crippen LogP contribution in [0.4, 0.5) is 0 Å². The van der Waals surface area contributed by atoms with Crippen LogP contribution in [0, 0.1) is 6.92 Å². The third-order valence-corrected chi connectivity index (χ3v) is 8.42. The van der Waals surface area contributed by atoms with Crippen molar-refractivity contribution in [3.05, 3.63) is 53.5 Å². The minimum Gasteiger partial charge on any atom is -0.455 e. The van der Waals surface area contributed by atoms with Crippen LogP contribution in [0.15, 0.2) is 45.7 Å². The van der Waals surface area contributed by atoms with Gasteiger partial charge in [0.15, 0.2) is 15.6 Å². The predicted molar refractivity (Wildman–Crippen MR) is 117 cm³/mol. The number of hydrogen-bond donors (Lipinski definition) is 1. The van der Waals surface area contributed by atoms with Crippen molar-refractivity contribution in [1.29, 1.82) is 0 Å². The SMILES string of the molecule is Cc1ccccc1S(=O)(=O)Cc1ccc(C(=O)NCCCSC2CCCCC2)o1. The lowest BCUT2D eigenvalue weighted by atomic mass is 10.0. The number of carbonyl (C=O) groups is 1. The maximum Gasteiger partial charge on any atom is 0.286 e. The number of sulfone groups is 1. The molecule has 1 N–H and O–H groups in total. The van der Waals surface area contributed by atoms with Gasteiger partial charge in [-0.3, -0.25) is 4.79 Å². The number of thioether (sulfide) groups is 1. The van der Waals surface area contributed by atoms with Crippen LogP contribution in [-0.2, 0) is 15.6 Å². The van der Waals surface area contributed by atoms with Gasteiger partial charge >= 0.3 is 0 Å². The van der Waals surface area contributed by atoms with Crippen molar-refractivity contribution in [3.63, 3.8) is 0 Å². The highest BCUT2D eigenvalue weighted by Gasteiger charge is 2.21. The minimum atomic E-state index is -3.52. The fourth-order valence-corrected chi connectivity index (χ4v) is 6.43. The Hall–Kier alpha value is -1.73. The molecule has 158 valence electrons. The number of furan rings is 1. The van der Waals surface area contributed by atoms with E-state index in [2.05, 4.69) is 5.32 Å². The standard InChI is InChI=1S/C22H29NO4S2/c1-17-8-5-6-11-21(17)29(25,26)16-18-12-13-20(27-18)22(24)23-14-7-15-28-19-9-3-2-4-10-19/h5-6,8,11-13,19H,2-4,7,9-10,14-16H2,1H3,(H,23,24). The molecule has 0 radical (unpaired) electrons. The summed E-state index contributed by atoms with van der Waals surface area (Å²) < 4.78 is 30.7. The van der Waals surface area contributed by atoms with E-state index < -0.39 is 9.84 Å². The van der Waals surface area contributed by atoms with Crippen molar-refractivity contribution in [2.45, 2.75) is 61.3 Å². The molecule has 0 bridgehead atoms. The van der Waals surface area contributed by atoms with E-state index in [0.29, 0.717) is 12.1 Å². The lowest BCUT2D eigenvalue weighted by Gasteiger charge is -2.20. The Labute approximate surface area is 177 Å². The summed E-state index contributed by atoms with van der Waals surface area (Å²) in [4.78, 5) is 12.5. The Morgan fingerprint density at radius 2 is 1.90 bits per heavy atom. The van der Waals surface area contributed by atoms with Gasteiger partial charge in [-0.1, -0.05) is 37.5 Å². The van der Waals surface area contributed by atoms with Gasteiger partial charge in [0.1, 0.15) is 11.5 Å². The third kappa shape index (κ3) is 6.37. The van der Waals surface area contributed by atoms with Crippen LogP contribution in [0.2, 0.25) is 0 Å². The number of amides is 1. The van der Waals surface area contributed by atoms with E-state index in [9.17, 15) is 13.2 Å². The van der Waals surface area contributed by atoms with E-state index >= 15 is 0 Å². The molecule has 0 saturated heterocycles. The van der Waals surface area contributed by atoms with Crippen LogP contribution in [0.25, 0.3) is 0 Å². The second kappa shape index (κ2) is 10.3. The maximum atomic E-state index is 12.6. The Bertz CT molecular complexity index is 914. The highest BCUT2D eigenvalue weighted by molar-refractivity contribution is 7.99. The third-order valence-electron chi connectivity index (χ3n) is 5.16. The summed E-state index contributed by atoms with van der Waals surface area (Å²) in [6.07, 6.45) is 7.60. The summed E-state index contributed by atoms with van der Waals surface area (Å²) in [5, 5.41) is 3.64. The van der Waals surface area contributed by atoms with E-state index in [1.807, 2.05) is 11.8 Å². The fraction of sp³-hybridized carbons (Fsp3) is 0.500. The highest BCUT2D eigenvalue weighted by atomic mass is 32.2. The molecule has 1 amide bonds. The van der Waals surface area contributed by atoms with Gasteiger partial charge in [0.05, 0.1) is 4.90 Å². The first-order chi connectivity index (χ1) is 14.0. The molecule has 7 heteroatoms. The van der Waals surface area contributed by atoms with Gasteiger partial charge in [-0.05, 0) is 55.7 Å². The van der Waals surface area contributed by atoms with Crippen LogP contribution < -0.4 is 5.32 Å². The first-order valence-electron chi connectivity index (χ1n) is 10.2. The van der Waals surface area contributed by atoms with E-state index in [1.165, 1.54) is 38.2 Å². The molecule has 0 spiro atoms. The van der Waals surface area contributed by atoms with E-state index in [0.717, 1.165) is 17.4 Å². The summed E-state index contributed by atoms with van der Waals surface area (Å²) in [6.45, 7) is 2.36. The Kier molecular flexibility index (Phi) is 7.84. The van der Waals surface area contributed by atoms with Crippen LogP contribution in [0.5, 0.6) is 0 Å². The number of carbonyl (C=O) groups excluding carboxylic acids is 1. The molecule has 2 aromatic rings. The zero-order valence-electron chi connectivity index (χ0n) is 16.9. The smallest absolute Gasteiger partial charge is 0.286 e. The summed E-state index contributed by atoms with van der Waals surface area (Å²) in [5.74, 6) is 0.907. The average molecular weight is 436 g/mol. The predicted octanol–water partition coefficient (Wildman–Crippen LogP) is 4.75. The van der Waals surface area contributed by atoms with E-state index in [1.54, 1.807) is 37.3 Å². The fourth-order valence-electron chi connectivity index (χ4n) is 3.59. The van der Waals surface area contributed by atoms with Crippen molar-refractivity contribution in [2.24, 2.45) is 0 Å². The molecule has 1 aromatic carbocycles. The summed E-state index contributed by atoms with van der Waals surface area (Å²) in [7, 11) is -3.52. The Balaban J connectivity index is 1.45. The molecular formula is C22H29NO4S2. The summed E-state index contributed by atoms with van der Waals surface area (Å²) >= 11 is 2.01. The van der Waals surface area contributed by atoms with Crippen LogP contribution in [-0.4, -0.2) is 31.9 Å². The number of rotatable bonds is 9. The average Bonchev–Trinajstić information content (AvgIpc) is 3.16. The maximum absolute atomic E-state index is 12.6. The monoisotopic (exact) mass is 435 g/mol. The second-order valence-electron chi connectivity index (χ2n) is 7.53. The zero-order chi connectivity index (χ0) is 20.7. The lowest BCUT2D eigenvalue weighted by Crippen LogP contribution is -2.24. The second-order valence-corrected chi connectivity index (χ2v) is 10.9. The van der Waals surface area contributed by atoms with Crippen molar-refractivity contribution >= 4 is 27.5 Å². The molecule has 0 atom stereocenters. The van der Waals surface area contributed by atoms with Crippen molar-refractivity contribution in [3.8, 4) is 0 Å². The molecule has 0 unspecified atom stereocenters. The van der Waals surface area contributed by atoms with Gasteiger partial charge in [-0.2, -0.15) is 11.8 Å². The Morgan fingerprint density at radius 3 is 2.66 bits per heavy atom. The number of aryl methyl sites for hydroxylation is 1. The quantitative estimate of drug-likeness (QED) is 0.575. The topological polar surface area (TPSA) is 76.4 Å². The minimum absolute atomic E-state index is 0.153. The van der Waals surface area contributed by atoms with Crippen molar-refractivity contribution < 1.29 is 17.6 Å². The molecule has 1 aliphatic rings. The van der Waals surface area contributed by atoms with Gasteiger partial charge in [-0.15, -0.1) is 0 Å². The number of hydrogen-bond acceptors (Lipinski definition) is 5. The lowest BCUT2D eigenvalue weighted by molar-refractivity contribution is 0.0924. The molecule has 5 nitrogen and oxygen atoms in total. The van der Waals surface area contributed by atoms with Crippen molar-refractivity contribution in [2.75, 3.05) is 12.3 Å². The normalized spacial score (nSPS) is 15.3. The van der Waals surface area contributed by atoms with Gasteiger partial charge in [0.2, 0.25) is 0 Å². The molecule has 1 fully saturated rings. The molecular weight excluding hydrogens is 406 g/mol. The highest BCUT2D eigenvalue weighted by Crippen LogP contribution is 2.28. The van der Waals surface area contributed by atoms with E-state index in [-0.39, 0.29) is 28.1 Å². The molecule has 3 rings (SSSR count). The molecule has 29 heavy (non-hydrogen) atoms. The molecule has 1 aliphatic carbocycles.